The highest BCUT2D eigenvalue weighted by atomic mass is 35.5. The molecular formula is C25H26ClN3O3S. The maximum atomic E-state index is 12.6. The zero-order valence-corrected chi connectivity index (χ0v) is 19.8. The van der Waals surface area contributed by atoms with Gasteiger partial charge in [-0.15, -0.1) is 11.3 Å². The quantitative estimate of drug-likeness (QED) is 0.489. The number of ether oxygens (including phenoxy) is 1. The van der Waals surface area contributed by atoms with Crippen molar-refractivity contribution >= 4 is 40.4 Å². The smallest absolute Gasteiger partial charge is 0.261 e. The van der Waals surface area contributed by atoms with E-state index in [2.05, 4.69) is 15.5 Å². The number of anilines is 1. The van der Waals surface area contributed by atoms with Crippen molar-refractivity contribution in [1.29, 1.82) is 0 Å². The summed E-state index contributed by atoms with van der Waals surface area (Å²) in [6.07, 6.45) is 0.440. The van der Waals surface area contributed by atoms with E-state index in [1.165, 1.54) is 11.3 Å². The normalized spacial score (nSPS) is 14.1. The zero-order valence-electron chi connectivity index (χ0n) is 18.2. The molecule has 0 aliphatic carbocycles. The maximum Gasteiger partial charge on any atom is 0.261 e. The first kappa shape index (κ1) is 23.4. The van der Waals surface area contributed by atoms with Gasteiger partial charge in [-0.2, -0.15) is 0 Å². The standard InChI is InChI=1S/C25H26ClN3O3S/c26-20-6-4-19(5-7-20)22-8-9-23(33-22)25(31)27-17-18-2-1-3-21(16-18)28-24(30)10-11-29-12-14-32-15-13-29/h1-9,16H,10-15,17H2,(H,27,31)(H,28,30). The molecule has 4 rings (SSSR count). The van der Waals surface area contributed by atoms with Gasteiger partial charge in [-0.05, 0) is 47.5 Å². The van der Waals surface area contributed by atoms with Crippen LogP contribution in [0.5, 0.6) is 0 Å². The number of nitrogens with one attached hydrogen (secondary N) is 2. The highest BCUT2D eigenvalue weighted by Crippen LogP contribution is 2.29. The van der Waals surface area contributed by atoms with Crippen LogP contribution < -0.4 is 10.6 Å². The van der Waals surface area contributed by atoms with Gasteiger partial charge in [-0.3, -0.25) is 14.5 Å². The molecule has 0 bridgehead atoms. The van der Waals surface area contributed by atoms with Gasteiger partial charge in [0.2, 0.25) is 5.91 Å². The summed E-state index contributed by atoms with van der Waals surface area (Å²) in [5.74, 6) is -0.142. The molecule has 1 aromatic heterocycles. The molecule has 33 heavy (non-hydrogen) atoms. The van der Waals surface area contributed by atoms with Crippen molar-refractivity contribution in [3.8, 4) is 10.4 Å². The van der Waals surface area contributed by atoms with Crippen LogP contribution in [0.4, 0.5) is 5.69 Å². The summed E-state index contributed by atoms with van der Waals surface area (Å²) in [6, 6.07) is 18.9. The summed E-state index contributed by atoms with van der Waals surface area (Å²) >= 11 is 7.39. The highest BCUT2D eigenvalue weighted by molar-refractivity contribution is 7.17. The van der Waals surface area contributed by atoms with Crippen LogP contribution in [0, 0.1) is 0 Å². The topological polar surface area (TPSA) is 70.7 Å². The number of morpholine rings is 1. The van der Waals surface area contributed by atoms with E-state index in [1.807, 2.05) is 60.7 Å². The lowest BCUT2D eigenvalue weighted by atomic mass is 10.2. The Morgan fingerprint density at radius 1 is 1.03 bits per heavy atom. The SMILES string of the molecule is O=C(CCN1CCOCC1)Nc1cccc(CNC(=O)c2ccc(-c3ccc(Cl)cc3)s2)c1. The molecule has 0 spiro atoms. The molecule has 0 radical (unpaired) electrons. The second-order valence-electron chi connectivity index (χ2n) is 7.81. The summed E-state index contributed by atoms with van der Waals surface area (Å²) in [5.41, 5.74) is 2.68. The van der Waals surface area contributed by atoms with E-state index < -0.39 is 0 Å². The Hall–Kier alpha value is -2.71. The van der Waals surface area contributed by atoms with Crippen molar-refractivity contribution < 1.29 is 14.3 Å². The number of carbonyl (C=O) groups is 2. The average Bonchev–Trinajstić information content (AvgIpc) is 3.33. The first-order valence-corrected chi connectivity index (χ1v) is 12.1. The van der Waals surface area contributed by atoms with Crippen LogP contribution in [-0.2, 0) is 16.1 Å². The van der Waals surface area contributed by atoms with E-state index in [1.54, 1.807) is 0 Å². The molecule has 1 aliphatic heterocycles. The third-order valence-electron chi connectivity index (χ3n) is 5.38. The molecule has 1 aliphatic rings. The summed E-state index contributed by atoms with van der Waals surface area (Å²) < 4.78 is 5.33. The first-order chi connectivity index (χ1) is 16.1. The third kappa shape index (κ3) is 6.88. The van der Waals surface area contributed by atoms with Gasteiger partial charge < -0.3 is 15.4 Å². The van der Waals surface area contributed by atoms with E-state index in [0.29, 0.717) is 22.9 Å². The lowest BCUT2D eigenvalue weighted by Crippen LogP contribution is -2.38. The number of rotatable bonds is 8. The molecule has 2 aromatic carbocycles. The fourth-order valence-electron chi connectivity index (χ4n) is 3.57. The van der Waals surface area contributed by atoms with Crippen molar-refractivity contribution in [1.82, 2.24) is 10.2 Å². The van der Waals surface area contributed by atoms with Gasteiger partial charge in [-0.25, -0.2) is 0 Å². The van der Waals surface area contributed by atoms with E-state index in [4.69, 9.17) is 16.3 Å². The first-order valence-electron chi connectivity index (χ1n) is 10.9. The lowest BCUT2D eigenvalue weighted by molar-refractivity contribution is -0.116. The van der Waals surface area contributed by atoms with Crippen molar-refractivity contribution in [2.24, 2.45) is 0 Å². The van der Waals surface area contributed by atoms with Crippen LogP contribution in [0.2, 0.25) is 5.02 Å². The molecule has 1 fully saturated rings. The Kier molecular flexibility index (Phi) is 8.12. The van der Waals surface area contributed by atoms with Crippen molar-refractivity contribution in [3.63, 3.8) is 0 Å². The fraction of sp³-hybridized carbons (Fsp3) is 0.280. The number of carbonyl (C=O) groups excluding carboxylic acids is 2. The number of halogens is 1. The second-order valence-corrected chi connectivity index (χ2v) is 9.33. The fourth-order valence-corrected chi connectivity index (χ4v) is 4.62. The molecule has 6 nitrogen and oxygen atoms in total. The van der Waals surface area contributed by atoms with E-state index >= 15 is 0 Å². The molecule has 2 heterocycles. The van der Waals surface area contributed by atoms with E-state index in [0.717, 1.165) is 54.5 Å². The van der Waals surface area contributed by atoms with Crippen LogP contribution in [-0.4, -0.2) is 49.6 Å². The minimum absolute atomic E-state index is 0.0176. The summed E-state index contributed by atoms with van der Waals surface area (Å²) in [6.45, 7) is 4.29. The number of hydrogen-bond acceptors (Lipinski definition) is 5. The van der Waals surface area contributed by atoms with Crippen molar-refractivity contribution in [2.75, 3.05) is 38.2 Å². The van der Waals surface area contributed by atoms with Gasteiger partial charge in [0.05, 0.1) is 18.1 Å². The molecule has 2 N–H and O–H groups in total. The molecule has 0 unspecified atom stereocenters. The Labute approximate surface area is 202 Å². The molecule has 0 atom stereocenters. The van der Waals surface area contributed by atoms with Crippen molar-refractivity contribution in [3.05, 3.63) is 76.1 Å². The molecule has 8 heteroatoms. The number of thiophene rings is 1. The molecule has 3 aromatic rings. The van der Waals surface area contributed by atoms with Gasteiger partial charge in [0.1, 0.15) is 0 Å². The van der Waals surface area contributed by atoms with Gasteiger partial charge in [0, 0.05) is 48.2 Å². The summed E-state index contributed by atoms with van der Waals surface area (Å²) in [4.78, 5) is 28.8. The number of nitrogens with zero attached hydrogens (tertiary/aromatic N) is 1. The zero-order chi connectivity index (χ0) is 23.0. The lowest BCUT2D eigenvalue weighted by Gasteiger charge is -2.26. The van der Waals surface area contributed by atoms with Gasteiger partial charge in [-0.1, -0.05) is 35.9 Å². The monoisotopic (exact) mass is 483 g/mol. The van der Waals surface area contributed by atoms with Crippen LogP contribution in [0.3, 0.4) is 0 Å². The minimum atomic E-state index is -0.125. The predicted octanol–water partition coefficient (Wildman–Crippen LogP) is 4.66. The molecule has 172 valence electrons. The van der Waals surface area contributed by atoms with Gasteiger partial charge in [0.15, 0.2) is 0 Å². The van der Waals surface area contributed by atoms with E-state index in [9.17, 15) is 9.59 Å². The largest absolute Gasteiger partial charge is 0.379 e. The number of hydrogen-bond donors (Lipinski definition) is 2. The Bertz CT molecular complexity index is 1090. The summed E-state index contributed by atoms with van der Waals surface area (Å²) in [7, 11) is 0. The van der Waals surface area contributed by atoms with Gasteiger partial charge >= 0.3 is 0 Å². The number of amides is 2. The van der Waals surface area contributed by atoms with Crippen LogP contribution >= 0.6 is 22.9 Å². The van der Waals surface area contributed by atoms with Crippen LogP contribution in [0.1, 0.15) is 21.7 Å². The second kappa shape index (κ2) is 11.4. The van der Waals surface area contributed by atoms with E-state index in [-0.39, 0.29) is 11.8 Å². The molecule has 0 saturated carbocycles. The summed E-state index contributed by atoms with van der Waals surface area (Å²) in [5, 5.41) is 6.59. The average molecular weight is 484 g/mol. The maximum absolute atomic E-state index is 12.6. The highest BCUT2D eigenvalue weighted by Gasteiger charge is 2.13. The molecule has 1 saturated heterocycles. The van der Waals surface area contributed by atoms with Gasteiger partial charge in [0.25, 0.3) is 5.91 Å². The molecule has 2 amide bonds. The minimum Gasteiger partial charge on any atom is -0.379 e. The predicted molar refractivity (Wildman–Crippen MR) is 133 cm³/mol. The number of benzene rings is 2. The Morgan fingerprint density at radius 2 is 1.82 bits per heavy atom. The third-order valence-corrected chi connectivity index (χ3v) is 6.77. The molecular weight excluding hydrogens is 458 g/mol. The Balaban J connectivity index is 1.27. The van der Waals surface area contributed by atoms with Crippen LogP contribution in [0.15, 0.2) is 60.7 Å². The Morgan fingerprint density at radius 3 is 2.61 bits per heavy atom. The van der Waals surface area contributed by atoms with Crippen LogP contribution in [0.25, 0.3) is 10.4 Å². The van der Waals surface area contributed by atoms with Crippen molar-refractivity contribution in [2.45, 2.75) is 13.0 Å².